The predicted octanol–water partition coefficient (Wildman–Crippen LogP) is 3.33. The summed E-state index contributed by atoms with van der Waals surface area (Å²) in [6, 6.07) is 6.00. The number of pyridine rings is 1. The highest BCUT2D eigenvalue weighted by Gasteiger charge is 2.15. The van der Waals surface area contributed by atoms with Crippen LogP contribution in [0.25, 0.3) is 16.9 Å². The van der Waals surface area contributed by atoms with E-state index in [2.05, 4.69) is 10.1 Å². The largest absolute Gasteiger partial charge is 0.291 e. The fraction of sp³-hybridized carbons (Fsp3) is 0.267. The van der Waals surface area contributed by atoms with Crippen molar-refractivity contribution in [2.24, 2.45) is 0 Å². The van der Waals surface area contributed by atoms with E-state index in [4.69, 9.17) is 17.2 Å². The first kappa shape index (κ1) is 11.8. The van der Waals surface area contributed by atoms with Gasteiger partial charge in [-0.1, -0.05) is 12.2 Å². The Morgan fingerprint density at radius 3 is 3.00 bits per heavy atom. The second kappa shape index (κ2) is 4.52. The van der Waals surface area contributed by atoms with Gasteiger partial charge in [-0.2, -0.15) is 0 Å². The second-order valence-electron chi connectivity index (χ2n) is 5.15. The molecule has 0 unspecified atom stereocenters. The molecule has 0 amide bonds. The molecule has 0 bridgehead atoms. The van der Waals surface area contributed by atoms with Crippen LogP contribution in [0.5, 0.6) is 0 Å². The first-order chi connectivity index (χ1) is 9.83. The maximum Gasteiger partial charge on any atom is 0.155 e. The van der Waals surface area contributed by atoms with Gasteiger partial charge in [-0.05, 0) is 37.8 Å². The summed E-state index contributed by atoms with van der Waals surface area (Å²) in [7, 11) is 0. The molecular formula is C15H14N4S. The molecule has 0 atom stereocenters. The number of nitrogens with zero attached hydrogens (tertiary/aromatic N) is 3. The molecule has 100 valence electrons. The van der Waals surface area contributed by atoms with Gasteiger partial charge in [0.15, 0.2) is 5.65 Å². The lowest BCUT2D eigenvalue weighted by molar-refractivity contribution is 0.656. The molecule has 0 fully saturated rings. The van der Waals surface area contributed by atoms with Crippen molar-refractivity contribution in [1.29, 1.82) is 0 Å². The van der Waals surface area contributed by atoms with Gasteiger partial charge in [0.25, 0.3) is 0 Å². The van der Waals surface area contributed by atoms with E-state index < -0.39 is 0 Å². The Morgan fingerprint density at radius 2 is 2.15 bits per heavy atom. The minimum atomic E-state index is 0.875. The number of rotatable bonds is 1. The monoisotopic (exact) mass is 282 g/mol. The fourth-order valence-electron chi connectivity index (χ4n) is 2.83. The van der Waals surface area contributed by atoms with E-state index in [0.717, 1.165) is 34.4 Å². The van der Waals surface area contributed by atoms with Crippen LogP contribution in [0, 0.1) is 4.64 Å². The molecule has 3 aromatic heterocycles. The highest BCUT2D eigenvalue weighted by atomic mass is 32.1. The summed E-state index contributed by atoms with van der Waals surface area (Å²) >= 11 is 5.62. The molecule has 0 saturated heterocycles. The molecule has 0 saturated carbocycles. The zero-order valence-corrected chi connectivity index (χ0v) is 11.8. The number of H-pyrrole nitrogens is 1. The van der Waals surface area contributed by atoms with Gasteiger partial charge in [0, 0.05) is 35.3 Å². The number of nitrogens with one attached hydrogen (secondary N) is 1. The topological polar surface area (TPSA) is 46.0 Å². The van der Waals surface area contributed by atoms with Gasteiger partial charge in [0.2, 0.25) is 0 Å². The predicted molar refractivity (Wildman–Crippen MR) is 80.2 cm³/mol. The first-order valence-electron chi connectivity index (χ1n) is 6.87. The van der Waals surface area contributed by atoms with Gasteiger partial charge in [-0.25, -0.2) is 9.50 Å². The molecule has 3 aromatic rings. The van der Waals surface area contributed by atoms with Gasteiger partial charge in [-0.15, -0.1) is 0 Å². The second-order valence-corrected chi connectivity index (χ2v) is 5.54. The summed E-state index contributed by atoms with van der Waals surface area (Å²) in [5, 5.41) is 3.34. The van der Waals surface area contributed by atoms with E-state index in [9.17, 15) is 0 Å². The van der Waals surface area contributed by atoms with Crippen molar-refractivity contribution in [2.75, 3.05) is 0 Å². The number of fused-ring (bicyclic) bond motifs is 2. The highest BCUT2D eigenvalue weighted by molar-refractivity contribution is 7.71. The molecule has 20 heavy (non-hydrogen) atoms. The Balaban J connectivity index is 1.96. The van der Waals surface area contributed by atoms with Crippen molar-refractivity contribution >= 4 is 17.9 Å². The van der Waals surface area contributed by atoms with Gasteiger partial charge in [-0.3, -0.25) is 10.1 Å². The van der Waals surface area contributed by atoms with Crippen molar-refractivity contribution in [1.82, 2.24) is 19.6 Å². The number of aromatic amines is 1. The number of hydrogen-bond donors (Lipinski definition) is 1. The fourth-order valence-corrected chi connectivity index (χ4v) is 3.19. The van der Waals surface area contributed by atoms with Crippen LogP contribution in [-0.2, 0) is 12.8 Å². The third-order valence-corrected chi connectivity index (χ3v) is 4.29. The lowest BCUT2D eigenvalue weighted by Gasteiger charge is -2.14. The minimum Gasteiger partial charge on any atom is -0.291 e. The lowest BCUT2D eigenvalue weighted by Crippen LogP contribution is -2.09. The average molecular weight is 282 g/mol. The minimum absolute atomic E-state index is 0.875. The van der Waals surface area contributed by atoms with E-state index >= 15 is 0 Å². The maximum absolute atomic E-state index is 5.62. The smallest absolute Gasteiger partial charge is 0.155 e. The molecule has 0 radical (unpaired) electrons. The number of aromatic nitrogens is 4. The molecular weight excluding hydrogens is 268 g/mol. The van der Waals surface area contributed by atoms with Crippen LogP contribution in [-0.4, -0.2) is 19.6 Å². The Hall–Kier alpha value is -2.01. The zero-order valence-electron chi connectivity index (χ0n) is 11.0. The standard InChI is InChI=1S/C15H14N4S/c20-15-11-5-1-2-6-12(11)17-14-8-13(18-19(14)15)10-4-3-7-16-9-10/h3-4,7-9,18H,1-2,5-6H2. The van der Waals surface area contributed by atoms with Crippen LogP contribution >= 0.6 is 12.2 Å². The van der Waals surface area contributed by atoms with Crippen LogP contribution < -0.4 is 0 Å². The van der Waals surface area contributed by atoms with Gasteiger partial charge in [0.05, 0.1) is 5.69 Å². The van der Waals surface area contributed by atoms with Crippen molar-refractivity contribution < 1.29 is 0 Å². The van der Waals surface area contributed by atoms with E-state index in [1.807, 2.05) is 28.9 Å². The molecule has 0 aliphatic heterocycles. The van der Waals surface area contributed by atoms with Crippen molar-refractivity contribution in [3.05, 3.63) is 46.5 Å². The normalized spacial score (nSPS) is 14.4. The SMILES string of the molecule is S=c1c2c(nc3cc(-c4cccnc4)[nH]n13)CCCC2. The van der Waals surface area contributed by atoms with E-state index in [0.29, 0.717) is 0 Å². The van der Waals surface area contributed by atoms with Crippen LogP contribution in [0.3, 0.4) is 0 Å². The molecule has 1 aliphatic carbocycles. The molecule has 4 rings (SSSR count). The molecule has 0 spiro atoms. The Kier molecular flexibility index (Phi) is 2.67. The van der Waals surface area contributed by atoms with Crippen LogP contribution in [0.1, 0.15) is 24.1 Å². The Bertz CT molecular complexity index is 832. The molecule has 1 N–H and O–H groups in total. The van der Waals surface area contributed by atoms with E-state index in [-0.39, 0.29) is 0 Å². The van der Waals surface area contributed by atoms with Crippen molar-refractivity contribution in [2.45, 2.75) is 25.7 Å². The van der Waals surface area contributed by atoms with Crippen LogP contribution in [0.2, 0.25) is 0 Å². The number of hydrogen-bond acceptors (Lipinski definition) is 3. The van der Waals surface area contributed by atoms with Gasteiger partial charge in [0.1, 0.15) is 4.64 Å². The Labute approximate surface area is 121 Å². The number of aryl methyl sites for hydroxylation is 1. The van der Waals surface area contributed by atoms with Gasteiger partial charge >= 0.3 is 0 Å². The summed E-state index contributed by atoms with van der Waals surface area (Å²) < 4.78 is 2.79. The summed E-state index contributed by atoms with van der Waals surface area (Å²) in [5.74, 6) is 0. The Morgan fingerprint density at radius 1 is 1.25 bits per heavy atom. The quantitative estimate of drug-likeness (QED) is 0.696. The summed E-state index contributed by atoms with van der Waals surface area (Å²) in [5.41, 5.74) is 5.36. The molecule has 5 heteroatoms. The first-order valence-corrected chi connectivity index (χ1v) is 7.28. The van der Waals surface area contributed by atoms with Crippen LogP contribution in [0.4, 0.5) is 0 Å². The van der Waals surface area contributed by atoms with Crippen molar-refractivity contribution in [3.63, 3.8) is 0 Å². The van der Waals surface area contributed by atoms with Crippen molar-refractivity contribution in [3.8, 4) is 11.3 Å². The maximum atomic E-state index is 5.62. The highest BCUT2D eigenvalue weighted by Crippen LogP contribution is 2.24. The lowest BCUT2D eigenvalue weighted by atomic mass is 9.97. The van der Waals surface area contributed by atoms with E-state index in [1.165, 1.54) is 24.1 Å². The summed E-state index contributed by atoms with van der Waals surface area (Å²) in [4.78, 5) is 8.92. The zero-order chi connectivity index (χ0) is 13.5. The molecule has 3 heterocycles. The summed E-state index contributed by atoms with van der Waals surface area (Å²) in [6.07, 6.45) is 8.13. The van der Waals surface area contributed by atoms with Gasteiger partial charge < -0.3 is 0 Å². The average Bonchev–Trinajstić information content (AvgIpc) is 2.93. The molecule has 1 aliphatic rings. The third-order valence-electron chi connectivity index (χ3n) is 3.86. The summed E-state index contributed by atoms with van der Waals surface area (Å²) in [6.45, 7) is 0. The third kappa shape index (κ3) is 1.78. The van der Waals surface area contributed by atoms with Crippen LogP contribution in [0.15, 0.2) is 30.6 Å². The molecule has 0 aromatic carbocycles. The van der Waals surface area contributed by atoms with E-state index in [1.54, 1.807) is 6.20 Å². The molecule has 4 nitrogen and oxygen atoms in total.